The van der Waals surface area contributed by atoms with Crippen LogP contribution in [0.2, 0.25) is 0 Å². The average molecular weight is 271 g/mol. The number of carboxylic acids is 1. The second-order valence-electron chi connectivity index (χ2n) is 3.48. The first-order chi connectivity index (χ1) is 6.93. The minimum absolute atomic E-state index is 0. The molecule has 16 heavy (non-hydrogen) atoms. The van der Waals surface area contributed by atoms with Gasteiger partial charge in [0.15, 0.2) is 5.78 Å². The number of carbonyl (C=O) groups is 2. The fourth-order valence-electron chi connectivity index (χ4n) is 1.40. The lowest BCUT2D eigenvalue weighted by molar-refractivity contribution is -0.139. The molecule has 0 aromatic rings. The molecule has 0 aliphatic carbocycles. The lowest BCUT2D eigenvalue weighted by atomic mass is 10.1. The molecule has 5 N–H and O–H groups in total. The molecule has 1 fully saturated rings. The molecule has 2 unspecified atom stereocenters. The van der Waals surface area contributed by atoms with E-state index in [4.69, 9.17) is 10.8 Å². The Balaban J connectivity index is 0.00000225. The average Bonchev–Trinajstić information content (AvgIpc) is 2.62. The monoisotopic (exact) mass is 270 g/mol. The topological polar surface area (TPSA) is 113 Å². The minimum atomic E-state index is -1.25. The van der Waals surface area contributed by atoms with E-state index < -0.39 is 29.5 Å². The summed E-state index contributed by atoms with van der Waals surface area (Å²) in [6, 6.07) is -1.55. The zero-order valence-electron chi connectivity index (χ0n) is 8.67. The van der Waals surface area contributed by atoms with Crippen LogP contribution in [0.4, 0.5) is 0 Å². The third-order valence-electron chi connectivity index (χ3n) is 2.24. The van der Waals surface area contributed by atoms with E-state index in [9.17, 15) is 14.7 Å². The summed E-state index contributed by atoms with van der Waals surface area (Å²) < 4.78 is 0. The van der Waals surface area contributed by atoms with Crippen LogP contribution in [-0.4, -0.2) is 51.3 Å². The maximum absolute atomic E-state index is 11.7. The Morgan fingerprint density at radius 3 is 2.56 bits per heavy atom. The van der Waals surface area contributed by atoms with Crippen molar-refractivity contribution >= 4 is 35.9 Å². The molecular formula is C8H15ClN2O4S. The lowest BCUT2D eigenvalue weighted by Crippen LogP contribution is -2.57. The highest BCUT2D eigenvalue weighted by Crippen LogP contribution is 2.31. The molecular weight excluding hydrogens is 256 g/mol. The second kappa shape index (κ2) is 5.83. The third-order valence-corrected chi connectivity index (χ3v) is 3.68. The van der Waals surface area contributed by atoms with Gasteiger partial charge in [-0.3, -0.25) is 14.9 Å². The van der Waals surface area contributed by atoms with E-state index in [0.29, 0.717) is 0 Å². The van der Waals surface area contributed by atoms with E-state index in [0.717, 1.165) is 11.8 Å². The maximum atomic E-state index is 11.7. The number of nitrogens with two attached hydrogens (primary N) is 1. The molecule has 0 spiro atoms. The minimum Gasteiger partial charge on any atom is -0.480 e. The Hall–Kier alpha value is -0.340. The van der Waals surface area contributed by atoms with Gasteiger partial charge in [-0.2, -0.15) is 0 Å². The molecule has 1 aliphatic heterocycles. The van der Waals surface area contributed by atoms with Gasteiger partial charge in [-0.05, 0) is 6.92 Å². The number of hydrogen-bond donors (Lipinski definition) is 4. The van der Waals surface area contributed by atoms with Crippen molar-refractivity contribution in [2.24, 2.45) is 5.73 Å². The second-order valence-corrected chi connectivity index (χ2v) is 4.80. The van der Waals surface area contributed by atoms with Gasteiger partial charge >= 0.3 is 5.97 Å². The van der Waals surface area contributed by atoms with E-state index in [-0.39, 0.29) is 23.9 Å². The molecule has 0 radical (unpaired) electrons. The van der Waals surface area contributed by atoms with Crippen LogP contribution in [0.25, 0.3) is 0 Å². The Kier molecular flexibility index (Phi) is 5.71. The van der Waals surface area contributed by atoms with Gasteiger partial charge in [0.25, 0.3) is 0 Å². The summed E-state index contributed by atoms with van der Waals surface area (Å²) in [5.41, 5.74) is 5.44. The number of nitrogens with one attached hydrogen (secondary N) is 1. The predicted octanol–water partition coefficient (Wildman–Crippen LogP) is -1.20. The summed E-state index contributed by atoms with van der Waals surface area (Å²) in [6.45, 7) is 1.05. The first-order valence-electron chi connectivity index (χ1n) is 4.48. The first kappa shape index (κ1) is 15.7. The molecule has 0 aromatic carbocycles. The third kappa shape index (κ3) is 2.86. The first-order valence-corrected chi connectivity index (χ1v) is 5.46. The molecule has 6 nitrogen and oxygen atoms in total. The molecule has 1 aliphatic rings. The van der Waals surface area contributed by atoms with Gasteiger partial charge in [0.2, 0.25) is 0 Å². The lowest BCUT2D eigenvalue weighted by Gasteiger charge is -2.26. The van der Waals surface area contributed by atoms with Gasteiger partial charge in [0.05, 0.1) is 12.6 Å². The quantitative estimate of drug-likeness (QED) is 0.508. The molecule has 8 heteroatoms. The van der Waals surface area contributed by atoms with Crippen molar-refractivity contribution in [1.29, 1.82) is 0 Å². The van der Waals surface area contributed by atoms with Gasteiger partial charge in [0.1, 0.15) is 10.9 Å². The largest absolute Gasteiger partial charge is 0.480 e. The summed E-state index contributed by atoms with van der Waals surface area (Å²) in [6.07, 6.45) is 0. The number of aliphatic carboxylic acids is 1. The SMILES string of the molecule is C[C@H](N)C(=O)C1(CO)NC(C(=O)O)CS1.Cl. The zero-order valence-corrected chi connectivity index (χ0v) is 10.3. The van der Waals surface area contributed by atoms with Crippen LogP contribution >= 0.6 is 24.2 Å². The number of hydrogen-bond acceptors (Lipinski definition) is 6. The van der Waals surface area contributed by atoms with Crippen LogP contribution in [0.5, 0.6) is 0 Å². The van der Waals surface area contributed by atoms with Gasteiger partial charge in [-0.25, -0.2) is 0 Å². The molecule has 0 bridgehead atoms. The van der Waals surface area contributed by atoms with Crippen LogP contribution in [-0.2, 0) is 9.59 Å². The van der Waals surface area contributed by atoms with E-state index in [1.807, 2.05) is 0 Å². The fourth-order valence-corrected chi connectivity index (χ4v) is 2.72. The van der Waals surface area contributed by atoms with Crippen molar-refractivity contribution < 1.29 is 19.8 Å². The maximum Gasteiger partial charge on any atom is 0.321 e. The van der Waals surface area contributed by atoms with Gasteiger partial charge in [0, 0.05) is 5.75 Å². The standard InChI is InChI=1S/C8H14N2O4S.ClH/c1-4(9)6(12)8(3-11)10-5(2-15-8)7(13)14;/h4-5,10-11H,2-3,9H2,1H3,(H,13,14);1H/t4-,5?,8?;/m0./s1. The Morgan fingerprint density at radius 2 is 2.25 bits per heavy atom. The van der Waals surface area contributed by atoms with Crippen molar-refractivity contribution in [1.82, 2.24) is 5.32 Å². The molecule has 3 atom stereocenters. The summed E-state index contributed by atoms with van der Waals surface area (Å²) in [4.78, 5) is 21.1. The molecule has 0 aromatic heterocycles. The Labute approximate surface area is 103 Å². The Morgan fingerprint density at radius 1 is 1.69 bits per heavy atom. The van der Waals surface area contributed by atoms with Crippen LogP contribution in [0.15, 0.2) is 0 Å². The van der Waals surface area contributed by atoms with Crippen molar-refractivity contribution in [2.45, 2.75) is 23.9 Å². The molecule has 0 saturated carbocycles. The van der Waals surface area contributed by atoms with Crippen molar-refractivity contribution in [3.63, 3.8) is 0 Å². The summed E-state index contributed by atoms with van der Waals surface area (Å²) in [5.74, 6) is -1.16. The number of Topliss-reactive ketones (excluding diaryl/α,β-unsaturated/α-hetero) is 1. The fraction of sp³-hybridized carbons (Fsp3) is 0.750. The van der Waals surface area contributed by atoms with E-state index in [1.165, 1.54) is 6.92 Å². The normalized spacial score (nSPS) is 30.6. The van der Waals surface area contributed by atoms with Crippen molar-refractivity contribution in [3.8, 4) is 0 Å². The highest BCUT2D eigenvalue weighted by molar-refractivity contribution is 8.01. The van der Waals surface area contributed by atoms with Crippen LogP contribution < -0.4 is 11.1 Å². The van der Waals surface area contributed by atoms with E-state index in [2.05, 4.69) is 5.32 Å². The number of rotatable bonds is 4. The van der Waals surface area contributed by atoms with Crippen LogP contribution in [0.1, 0.15) is 6.92 Å². The summed E-state index contributed by atoms with van der Waals surface area (Å²) >= 11 is 1.09. The molecule has 1 saturated heterocycles. The van der Waals surface area contributed by atoms with Crippen molar-refractivity contribution in [2.75, 3.05) is 12.4 Å². The van der Waals surface area contributed by atoms with Gasteiger partial charge in [-0.15, -0.1) is 24.2 Å². The van der Waals surface area contributed by atoms with E-state index >= 15 is 0 Å². The highest BCUT2D eigenvalue weighted by Gasteiger charge is 2.48. The van der Waals surface area contributed by atoms with E-state index in [1.54, 1.807) is 0 Å². The van der Waals surface area contributed by atoms with Gasteiger partial charge < -0.3 is 15.9 Å². The molecule has 1 heterocycles. The van der Waals surface area contributed by atoms with Crippen LogP contribution in [0.3, 0.4) is 0 Å². The summed E-state index contributed by atoms with van der Waals surface area (Å²) in [7, 11) is 0. The number of halogens is 1. The number of ketones is 1. The smallest absolute Gasteiger partial charge is 0.321 e. The highest BCUT2D eigenvalue weighted by atomic mass is 35.5. The van der Waals surface area contributed by atoms with Crippen molar-refractivity contribution in [3.05, 3.63) is 0 Å². The van der Waals surface area contributed by atoms with Gasteiger partial charge in [-0.1, -0.05) is 0 Å². The zero-order chi connectivity index (χ0) is 11.6. The molecule has 1 rings (SSSR count). The predicted molar refractivity (Wildman–Crippen MR) is 62.7 cm³/mol. The number of carboxylic acid groups (broad SMARTS) is 1. The molecule has 0 amide bonds. The number of aliphatic hydroxyl groups is 1. The number of carbonyl (C=O) groups excluding carboxylic acids is 1. The Bertz CT molecular complexity index is 289. The summed E-state index contributed by atoms with van der Waals surface area (Å²) in [5, 5.41) is 20.6. The number of thioether (sulfide) groups is 1. The number of aliphatic hydroxyl groups excluding tert-OH is 1. The molecule has 94 valence electrons. The van der Waals surface area contributed by atoms with Crippen LogP contribution in [0, 0.1) is 0 Å².